The van der Waals surface area contributed by atoms with Crippen molar-refractivity contribution in [3.8, 4) is 6.07 Å². The fraction of sp³-hybridized carbons (Fsp3) is 0.333. The van der Waals surface area contributed by atoms with E-state index in [1.807, 2.05) is 0 Å². The number of alkyl halides is 2. The average molecular weight is 254 g/mol. The smallest absolute Gasteiger partial charge is 0.338 e. The minimum absolute atomic E-state index is 0.0558. The topological polar surface area (TPSA) is 76.1 Å². The van der Waals surface area contributed by atoms with Crippen molar-refractivity contribution >= 4 is 5.97 Å². The third-order valence-corrected chi connectivity index (χ3v) is 2.39. The molecular weight excluding hydrogens is 242 g/mol. The number of nitrogens with two attached hydrogens (primary N) is 1. The van der Waals surface area contributed by atoms with Crippen LogP contribution >= 0.6 is 0 Å². The van der Waals surface area contributed by atoms with Gasteiger partial charge in [0.15, 0.2) is 0 Å². The summed E-state index contributed by atoms with van der Waals surface area (Å²) in [6.45, 7) is 1.59. The number of ether oxygens (including phenoxy) is 1. The van der Waals surface area contributed by atoms with Crippen LogP contribution in [0.15, 0.2) is 12.1 Å². The molecule has 1 aromatic rings. The number of nitriles is 1. The van der Waals surface area contributed by atoms with E-state index in [1.54, 1.807) is 13.0 Å². The standard InChI is InChI=1S/C12H12F2N2O2/c1-2-18-12(17)8-4-3-7(11(13)14)9(5-15)10(8)6-16/h3-4,11H,2,6,16H2,1H3. The van der Waals surface area contributed by atoms with Crippen LogP contribution in [0.5, 0.6) is 0 Å². The Balaban J connectivity index is 3.40. The van der Waals surface area contributed by atoms with Crippen molar-refractivity contribution in [3.05, 3.63) is 34.4 Å². The first kappa shape index (κ1) is 14.1. The van der Waals surface area contributed by atoms with Gasteiger partial charge in [-0.2, -0.15) is 5.26 Å². The Hall–Kier alpha value is -2.00. The van der Waals surface area contributed by atoms with E-state index in [2.05, 4.69) is 0 Å². The minimum Gasteiger partial charge on any atom is -0.462 e. The molecule has 0 saturated heterocycles. The van der Waals surface area contributed by atoms with Crippen LogP contribution in [-0.4, -0.2) is 12.6 Å². The van der Waals surface area contributed by atoms with Gasteiger partial charge in [0.25, 0.3) is 6.43 Å². The summed E-state index contributed by atoms with van der Waals surface area (Å²) in [6.07, 6.45) is -2.79. The highest BCUT2D eigenvalue weighted by Gasteiger charge is 2.21. The maximum absolute atomic E-state index is 12.7. The quantitative estimate of drug-likeness (QED) is 0.835. The van der Waals surface area contributed by atoms with Crippen LogP contribution in [0.1, 0.15) is 40.4 Å². The van der Waals surface area contributed by atoms with E-state index in [9.17, 15) is 13.6 Å². The number of hydrogen-bond acceptors (Lipinski definition) is 4. The molecule has 18 heavy (non-hydrogen) atoms. The maximum atomic E-state index is 12.7. The molecule has 0 bridgehead atoms. The zero-order valence-electron chi connectivity index (χ0n) is 9.74. The summed E-state index contributed by atoms with van der Waals surface area (Å²) in [5.41, 5.74) is 4.90. The number of carbonyl (C=O) groups is 1. The molecule has 0 atom stereocenters. The number of esters is 1. The summed E-state index contributed by atoms with van der Waals surface area (Å²) >= 11 is 0. The molecule has 0 saturated carbocycles. The van der Waals surface area contributed by atoms with Crippen molar-refractivity contribution in [2.24, 2.45) is 5.73 Å². The second kappa shape index (κ2) is 6.07. The van der Waals surface area contributed by atoms with E-state index in [0.717, 1.165) is 6.07 Å². The van der Waals surface area contributed by atoms with Crippen LogP contribution in [0, 0.1) is 11.3 Å². The molecule has 1 aromatic carbocycles. The minimum atomic E-state index is -2.79. The maximum Gasteiger partial charge on any atom is 0.338 e. The third kappa shape index (κ3) is 2.63. The molecule has 0 aliphatic rings. The molecule has 1 rings (SSSR count). The molecule has 0 amide bonds. The molecule has 0 unspecified atom stereocenters. The molecule has 96 valence electrons. The summed E-state index contributed by atoms with van der Waals surface area (Å²) in [5, 5.41) is 8.92. The van der Waals surface area contributed by atoms with E-state index < -0.39 is 18.0 Å². The van der Waals surface area contributed by atoms with Crippen molar-refractivity contribution in [1.29, 1.82) is 5.26 Å². The van der Waals surface area contributed by atoms with E-state index in [0.29, 0.717) is 0 Å². The van der Waals surface area contributed by atoms with Crippen LogP contribution < -0.4 is 5.73 Å². The fourth-order valence-electron chi connectivity index (χ4n) is 1.59. The summed E-state index contributed by atoms with van der Waals surface area (Å²) < 4.78 is 30.2. The number of rotatable bonds is 4. The van der Waals surface area contributed by atoms with Gasteiger partial charge >= 0.3 is 5.97 Å². The van der Waals surface area contributed by atoms with Gasteiger partial charge in [0.1, 0.15) is 0 Å². The van der Waals surface area contributed by atoms with Gasteiger partial charge in [-0.25, -0.2) is 13.6 Å². The van der Waals surface area contributed by atoms with Crippen molar-refractivity contribution in [2.75, 3.05) is 6.61 Å². The average Bonchev–Trinajstić information content (AvgIpc) is 2.36. The Labute approximate surface area is 103 Å². The molecule has 6 heteroatoms. The van der Waals surface area contributed by atoms with Crippen molar-refractivity contribution in [3.63, 3.8) is 0 Å². The molecule has 0 aliphatic heterocycles. The molecule has 4 nitrogen and oxygen atoms in total. The second-order valence-electron chi connectivity index (χ2n) is 3.39. The number of halogens is 2. The molecule has 0 aromatic heterocycles. The van der Waals surface area contributed by atoms with E-state index >= 15 is 0 Å². The van der Waals surface area contributed by atoms with Crippen LogP contribution in [0.3, 0.4) is 0 Å². The fourth-order valence-corrected chi connectivity index (χ4v) is 1.59. The Morgan fingerprint density at radius 3 is 2.67 bits per heavy atom. The van der Waals surface area contributed by atoms with Gasteiger partial charge in [0.05, 0.1) is 23.8 Å². The Morgan fingerprint density at radius 2 is 2.22 bits per heavy atom. The van der Waals surface area contributed by atoms with Gasteiger partial charge in [0.2, 0.25) is 0 Å². The molecule has 0 heterocycles. The largest absolute Gasteiger partial charge is 0.462 e. The predicted octanol–water partition coefficient (Wildman–Crippen LogP) is 2.13. The van der Waals surface area contributed by atoms with Gasteiger partial charge in [0, 0.05) is 12.1 Å². The monoisotopic (exact) mass is 254 g/mol. The number of nitrogens with zero attached hydrogens (tertiary/aromatic N) is 1. The van der Waals surface area contributed by atoms with Crippen LogP contribution in [0.4, 0.5) is 8.78 Å². The molecule has 0 spiro atoms. The summed E-state index contributed by atoms with van der Waals surface area (Å²) in [5.74, 6) is -0.671. The Bertz CT molecular complexity index is 496. The summed E-state index contributed by atoms with van der Waals surface area (Å²) in [4.78, 5) is 11.6. The normalized spacial score (nSPS) is 10.2. The first-order chi connectivity index (χ1) is 8.56. The molecule has 0 radical (unpaired) electrons. The lowest BCUT2D eigenvalue weighted by Gasteiger charge is -2.12. The lowest BCUT2D eigenvalue weighted by molar-refractivity contribution is 0.0524. The van der Waals surface area contributed by atoms with E-state index in [4.69, 9.17) is 15.7 Å². The molecule has 0 fully saturated rings. The highest BCUT2D eigenvalue weighted by Crippen LogP contribution is 2.27. The highest BCUT2D eigenvalue weighted by molar-refractivity contribution is 5.92. The second-order valence-corrected chi connectivity index (χ2v) is 3.39. The van der Waals surface area contributed by atoms with Gasteiger partial charge in [-0.1, -0.05) is 6.07 Å². The first-order valence-corrected chi connectivity index (χ1v) is 5.28. The number of benzene rings is 1. The molecule has 0 aliphatic carbocycles. The zero-order chi connectivity index (χ0) is 13.7. The highest BCUT2D eigenvalue weighted by atomic mass is 19.3. The van der Waals surface area contributed by atoms with Crippen LogP contribution in [0.25, 0.3) is 0 Å². The van der Waals surface area contributed by atoms with Crippen molar-refractivity contribution in [1.82, 2.24) is 0 Å². The van der Waals surface area contributed by atoms with Crippen LogP contribution in [0.2, 0.25) is 0 Å². The lowest BCUT2D eigenvalue weighted by Crippen LogP contribution is -2.14. The SMILES string of the molecule is CCOC(=O)c1ccc(C(F)F)c(C#N)c1CN. The molecular formula is C12H12F2N2O2. The summed E-state index contributed by atoms with van der Waals surface area (Å²) in [7, 11) is 0. The predicted molar refractivity (Wildman–Crippen MR) is 60.0 cm³/mol. The van der Waals surface area contributed by atoms with Crippen molar-refractivity contribution in [2.45, 2.75) is 19.9 Å². The summed E-state index contributed by atoms with van der Waals surface area (Å²) in [6, 6.07) is 3.93. The lowest BCUT2D eigenvalue weighted by atomic mass is 9.96. The number of hydrogen-bond donors (Lipinski definition) is 1. The van der Waals surface area contributed by atoms with E-state index in [-0.39, 0.29) is 29.8 Å². The first-order valence-electron chi connectivity index (χ1n) is 5.28. The third-order valence-electron chi connectivity index (χ3n) is 2.39. The zero-order valence-corrected chi connectivity index (χ0v) is 9.74. The van der Waals surface area contributed by atoms with Gasteiger partial charge in [-0.15, -0.1) is 0 Å². The van der Waals surface area contributed by atoms with Gasteiger partial charge in [-0.05, 0) is 18.6 Å². The number of carbonyl (C=O) groups excluding carboxylic acids is 1. The Kier molecular flexibility index (Phi) is 4.75. The van der Waals surface area contributed by atoms with Crippen LogP contribution in [-0.2, 0) is 11.3 Å². The van der Waals surface area contributed by atoms with E-state index in [1.165, 1.54) is 6.07 Å². The Morgan fingerprint density at radius 1 is 1.56 bits per heavy atom. The van der Waals surface area contributed by atoms with Crippen molar-refractivity contribution < 1.29 is 18.3 Å². The van der Waals surface area contributed by atoms with Gasteiger partial charge in [-0.3, -0.25) is 0 Å². The molecule has 2 N–H and O–H groups in total. The van der Waals surface area contributed by atoms with Gasteiger partial charge < -0.3 is 10.5 Å².